The topological polar surface area (TPSA) is 59.9 Å². The Bertz CT molecular complexity index is 1320. The van der Waals surface area contributed by atoms with Gasteiger partial charge in [-0.15, -0.1) is 0 Å². The largest absolute Gasteiger partial charge is 0.490 e. The Labute approximate surface area is 219 Å². The zero-order chi connectivity index (χ0) is 24.9. The van der Waals surface area contributed by atoms with E-state index >= 15 is 0 Å². The predicted octanol–water partition coefficient (Wildman–Crippen LogP) is 7.48. The van der Waals surface area contributed by atoms with Crippen molar-refractivity contribution in [2.75, 3.05) is 6.61 Å². The van der Waals surface area contributed by atoms with Crippen molar-refractivity contribution in [2.45, 2.75) is 27.4 Å². The summed E-state index contributed by atoms with van der Waals surface area (Å²) in [6.45, 7) is 6.69. The van der Waals surface area contributed by atoms with E-state index in [0.29, 0.717) is 44.8 Å². The number of nitrogens with zero attached hydrogens (tertiary/aromatic N) is 1. The third-order valence-electron chi connectivity index (χ3n) is 5.37. The van der Waals surface area contributed by atoms with Crippen molar-refractivity contribution < 1.29 is 14.3 Å². The van der Waals surface area contributed by atoms with Crippen molar-refractivity contribution >= 4 is 57.8 Å². The average Bonchev–Trinajstić information content (AvgIpc) is 3.16. The van der Waals surface area contributed by atoms with Gasteiger partial charge in [0.25, 0.3) is 5.91 Å². The van der Waals surface area contributed by atoms with Crippen molar-refractivity contribution in [2.24, 2.45) is 4.99 Å². The molecular formula is C27H24Cl2N2O3S. The third-order valence-corrected chi connectivity index (χ3v) is 6.82. The zero-order valence-corrected chi connectivity index (χ0v) is 21.9. The number of benzene rings is 3. The molecule has 1 aliphatic heterocycles. The maximum atomic E-state index is 12.6. The number of ether oxygens (including phenoxy) is 2. The Kier molecular flexibility index (Phi) is 8.06. The first-order valence-corrected chi connectivity index (χ1v) is 12.6. The van der Waals surface area contributed by atoms with Crippen molar-refractivity contribution in [3.63, 3.8) is 0 Å². The molecule has 1 aliphatic rings. The van der Waals surface area contributed by atoms with E-state index in [9.17, 15) is 4.79 Å². The summed E-state index contributed by atoms with van der Waals surface area (Å²) in [6, 6.07) is 16.9. The maximum Gasteiger partial charge on any atom is 0.264 e. The second-order valence-electron chi connectivity index (χ2n) is 7.88. The van der Waals surface area contributed by atoms with E-state index in [0.717, 1.165) is 27.9 Å². The summed E-state index contributed by atoms with van der Waals surface area (Å²) in [5.74, 6) is 0.746. The second kappa shape index (κ2) is 11.2. The van der Waals surface area contributed by atoms with Crippen LogP contribution in [0, 0.1) is 13.8 Å². The molecular weight excluding hydrogens is 503 g/mol. The average molecular weight is 527 g/mol. The van der Waals surface area contributed by atoms with E-state index in [2.05, 4.69) is 10.3 Å². The lowest BCUT2D eigenvalue weighted by molar-refractivity contribution is -0.115. The standard InChI is InChI=1S/C27H24Cl2N2O3S/c1-4-33-23-13-19(12-21(29)25(23)34-15-18-8-10-20(28)11-9-18)14-24-26(32)31-27(35-24)30-22-7-5-6-16(2)17(22)3/h5-14H,4,15H2,1-3H3,(H,30,31,32)/b24-14-. The number of rotatable bonds is 7. The molecule has 1 amide bonds. The molecule has 0 radical (unpaired) electrons. The smallest absolute Gasteiger partial charge is 0.264 e. The van der Waals surface area contributed by atoms with Gasteiger partial charge in [0.05, 0.1) is 22.2 Å². The molecule has 0 atom stereocenters. The van der Waals surface area contributed by atoms with Gasteiger partial charge in [-0.2, -0.15) is 0 Å². The Morgan fingerprint density at radius 2 is 1.83 bits per heavy atom. The molecule has 0 bridgehead atoms. The number of hydrogen-bond acceptors (Lipinski definition) is 5. The van der Waals surface area contributed by atoms with Gasteiger partial charge >= 0.3 is 0 Å². The quantitative estimate of drug-likeness (QED) is 0.324. The van der Waals surface area contributed by atoms with E-state index < -0.39 is 0 Å². The number of carbonyl (C=O) groups excluding carboxylic acids is 1. The second-order valence-corrected chi connectivity index (χ2v) is 9.75. The van der Waals surface area contributed by atoms with Gasteiger partial charge in [-0.1, -0.05) is 47.5 Å². The Morgan fingerprint density at radius 3 is 2.57 bits per heavy atom. The molecule has 1 heterocycles. The molecule has 180 valence electrons. The molecule has 0 saturated carbocycles. The van der Waals surface area contributed by atoms with Crippen LogP contribution in [0.15, 0.2) is 64.5 Å². The van der Waals surface area contributed by atoms with Crippen molar-refractivity contribution in [3.05, 3.63) is 91.8 Å². The first-order chi connectivity index (χ1) is 16.8. The summed E-state index contributed by atoms with van der Waals surface area (Å²) in [5, 5.41) is 4.43. The van der Waals surface area contributed by atoms with Gasteiger partial charge in [0.1, 0.15) is 6.61 Å². The van der Waals surface area contributed by atoms with Gasteiger partial charge in [0.15, 0.2) is 16.7 Å². The van der Waals surface area contributed by atoms with Crippen LogP contribution in [0.5, 0.6) is 11.5 Å². The van der Waals surface area contributed by atoms with Crippen LogP contribution in [0.3, 0.4) is 0 Å². The number of halogens is 2. The minimum atomic E-state index is -0.212. The van der Waals surface area contributed by atoms with Gasteiger partial charge in [0, 0.05) is 5.02 Å². The van der Waals surface area contributed by atoms with E-state index in [1.54, 1.807) is 12.1 Å². The molecule has 0 aromatic heterocycles. The molecule has 4 rings (SSSR count). The monoisotopic (exact) mass is 526 g/mol. The molecule has 1 N–H and O–H groups in total. The van der Waals surface area contributed by atoms with Crippen LogP contribution in [0.25, 0.3) is 6.08 Å². The summed E-state index contributed by atoms with van der Waals surface area (Å²) >= 11 is 13.8. The molecule has 0 spiro atoms. The van der Waals surface area contributed by atoms with Crippen molar-refractivity contribution in [3.8, 4) is 11.5 Å². The van der Waals surface area contributed by atoms with Crippen LogP contribution in [-0.4, -0.2) is 17.7 Å². The summed E-state index contributed by atoms with van der Waals surface area (Å²) in [6.07, 6.45) is 1.77. The Hall–Kier alpha value is -2.93. The SMILES string of the molecule is CCOc1cc(/C=C2\SC(=Nc3cccc(C)c3C)NC2=O)cc(Cl)c1OCc1ccc(Cl)cc1. The van der Waals surface area contributed by atoms with Gasteiger partial charge in [-0.3, -0.25) is 4.79 Å². The molecule has 0 unspecified atom stereocenters. The molecule has 5 nitrogen and oxygen atoms in total. The van der Waals surface area contributed by atoms with Gasteiger partial charge in [0.2, 0.25) is 0 Å². The first kappa shape index (κ1) is 25.2. The van der Waals surface area contributed by atoms with E-state index in [-0.39, 0.29) is 5.91 Å². The predicted molar refractivity (Wildman–Crippen MR) is 145 cm³/mol. The van der Waals surface area contributed by atoms with Gasteiger partial charge in [-0.25, -0.2) is 4.99 Å². The normalized spacial score (nSPS) is 15.5. The van der Waals surface area contributed by atoms with Crippen LogP contribution >= 0.6 is 35.0 Å². The highest BCUT2D eigenvalue weighted by Gasteiger charge is 2.24. The number of aryl methyl sites for hydroxylation is 1. The van der Waals surface area contributed by atoms with Gasteiger partial charge in [-0.05, 0) is 91.2 Å². The minimum absolute atomic E-state index is 0.212. The highest BCUT2D eigenvalue weighted by Crippen LogP contribution is 2.39. The number of amides is 1. The molecule has 1 fully saturated rings. The highest BCUT2D eigenvalue weighted by atomic mass is 35.5. The number of thioether (sulfide) groups is 1. The van der Waals surface area contributed by atoms with E-state index in [1.807, 2.05) is 69.3 Å². The van der Waals surface area contributed by atoms with E-state index in [1.165, 1.54) is 11.8 Å². The fraction of sp³-hybridized carbons (Fsp3) is 0.185. The van der Waals surface area contributed by atoms with Crippen LogP contribution in [0.4, 0.5) is 5.69 Å². The molecule has 3 aromatic rings. The summed E-state index contributed by atoms with van der Waals surface area (Å²) in [7, 11) is 0. The Morgan fingerprint density at radius 1 is 1.06 bits per heavy atom. The zero-order valence-electron chi connectivity index (χ0n) is 19.5. The number of carbonyl (C=O) groups is 1. The van der Waals surface area contributed by atoms with Crippen LogP contribution in [-0.2, 0) is 11.4 Å². The molecule has 8 heteroatoms. The lowest BCUT2D eigenvalue weighted by atomic mass is 10.1. The first-order valence-electron chi connectivity index (χ1n) is 11.0. The molecule has 0 aliphatic carbocycles. The number of amidine groups is 1. The minimum Gasteiger partial charge on any atom is -0.490 e. The molecule has 1 saturated heterocycles. The number of hydrogen-bond donors (Lipinski definition) is 1. The number of nitrogens with one attached hydrogen (secondary N) is 1. The number of aliphatic imine (C=N–C) groups is 1. The van der Waals surface area contributed by atoms with Crippen LogP contribution in [0.1, 0.15) is 29.2 Å². The van der Waals surface area contributed by atoms with Crippen LogP contribution in [0.2, 0.25) is 10.0 Å². The highest BCUT2D eigenvalue weighted by molar-refractivity contribution is 8.18. The summed E-state index contributed by atoms with van der Waals surface area (Å²) in [5.41, 5.74) is 4.73. The summed E-state index contributed by atoms with van der Waals surface area (Å²) < 4.78 is 11.8. The fourth-order valence-electron chi connectivity index (χ4n) is 3.41. The van der Waals surface area contributed by atoms with E-state index in [4.69, 9.17) is 32.7 Å². The fourth-order valence-corrected chi connectivity index (χ4v) is 4.64. The third kappa shape index (κ3) is 6.20. The van der Waals surface area contributed by atoms with Crippen molar-refractivity contribution in [1.29, 1.82) is 0 Å². The molecule has 35 heavy (non-hydrogen) atoms. The van der Waals surface area contributed by atoms with Gasteiger partial charge < -0.3 is 14.8 Å². The lowest BCUT2D eigenvalue weighted by Gasteiger charge is -2.15. The Balaban J connectivity index is 1.56. The van der Waals surface area contributed by atoms with Crippen LogP contribution < -0.4 is 14.8 Å². The lowest BCUT2D eigenvalue weighted by Crippen LogP contribution is -2.19. The molecule has 3 aromatic carbocycles. The summed E-state index contributed by atoms with van der Waals surface area (Å²) in [4.78, 5) is 17.7. The van der Waals surface area contributed by atoms with Crippen molar-refractivity contribution in [1.82, 2.24) is 5.32 Å². The maximum absolute atomic E-state index is 12.6.